The van der Waals surface area contributed by atoms with Crippen LogP contribution in [0.25, 0.3) is 0 Å². The molecule has 0 aliphatic carbocycles. The minimum atomic E-state index is -0.810. The molecular formula is C12H15NO4. The van der Waals surface area contributed by atoms with Crippen LogP contribution in [0.5, 0.6) is 11.5 Å². The van der Waals surface area contributed by atoms with Crippen molar-refractivity contribution in [2.45, 2.75) is 19.1 Å². The second kappa shape index (κ2) is 4.25. The van der Waals surface area contributed by atoms with Crippen molar-refractivity contribution in [3.63, 3.8) is 0 Å². The summed E-state index contributed by atoms with van der Waals surface area (Å²) in [5.41, 5.74) is 0.620. The van der Waals surface area contributed by atoms with Gasteiger partial charge in [0.05, 0.1) is 0 Å². The van der Waals surface area contributed by atoms with Crippen molar-refractivity contribution in [3.05, 3.63) is 23.8 Å². The van der Waals surface area contributed by atoms with Crippen molar-refractivity contribution >= 4 is 5.91 Å². The highest BCUT2D eigenvalue weighted by Gasteiger charge is 2.36. The molecule has 3 N–H and O–H groups in total. The zero-order chi connectivity index (χ0) is 12.6. The predicted molar refractivity (Wildman–Crippen MR) is 60.4 cm³/mol. The van der Waals surface area contributed by atoms with E-state index in [9.17, 15) is 15.0 Å². The van der Waals surface area contributed by atoms with Gasteiger partial charge in [0.15, 0.2) is 0 Å². The number of aromatic hydroxyl groups is 2. The van der Waals surface area contributed by atoms with Gasteiger partial charge in [0.25, 0.3) is 0 Å². The van der Waals surface area contributed by atoms with Gasteiger partial charge in [-0.15, -0.1) is 0 Å². The van der Waals surface area contributed by atoms with Gasteiger partial charge < -0.3 is 20.2 Å². The number of phenols is 2. The molecule has 17 heavy (non-hydrogen) atoms. The molecule has 5 heteroatoms. The molecule has 0 saturated carbocycles. The molecular weight excluding hydrogens is 222 g/mol. The first-order valence-corrected chi connectivity index (χ1v) is 5.43. The molecule has 2 rings (SSSR count). The van der Waals surface area contributed by atoms with Gasteiger partial charge in [-0.2, -0.15) is 0 Å². The number of hydrogen-bond acceptors (Lipinski definition) is 4. The van der Waals surface area contributed by atoms with Gasteiger partial charge in [-0.1, -0.05) is 6.07 Å². The average molecular weight is 237 g/mol. The number of nitrogens with zero attached hydrogens (tertiary/aromatic N) is 1. The summed E-state index contributed by atoms with van der Waals surface area (Å²) in [7, 11) is 1.56. The Morgan fingerprint density at radius 3 is 2.65 bits per heavy atom. The molecule has 1 heterocycles. The SMILES string of the molecule is CN1C(=O)CC(Cc2ccc(O)cc2O)C1O. The van der Waals surface area contributed by atoms with Gasteiger partial charge in [0, 0.05) is 25.5 Å². The minimum Gasteiger partial charge on any atom is -0.508 e. The van der Waals surface area contributed by atoms with E-state index in [-0.39, 0.29) is 29.7 Å². The Kier molecular flexibility index (Phi) is 2.93. The van der Waals surface area contributed by atoms with Crippen LogP contribution in [0.1, 0.15) is 12.0 Å². The largest absolute Gasteiger partial charge is 0.508 e. The first-order valence-electron chi connectivity index (χ1n) is 5.43. The number of phenolic OH excluding ortho intramolecular Hbond substituents is 2. The first-order chi connectivity index (χ1) is 7.99. The van der Waals surface area contributed by atoms with Gasteiger partial charge in [0.2, 0.25) is 5.91 Å². The van der Waals surface area contributed by atoms with Gasteiger partial charge in [-0.05, 0) is 18.1 Å². The number of likely N-dealkylation sites (tertiary alicyclic amines) is 1. The summed E-state index contributed by atoms with van der Waals surface area (Å²) >= 11 is 0. The van der Waals surface area contributed by atoms with Crippen molar-refractivity contribution in [2.75, 3.05) is 7.05 Å². The van der Waals surface area contributed by atoms with Crippen LogP contribution in [0.2, 0.25) is 0 Å². The van der Waals surface area contributed by atoms with E-state index >= 15 is 0 Å². The molecule has 0 spiro atoms. The van der Waals surface area contributed by atoms with Crippen molar-refractivity contribution in [2.24, 2.45) is 5.92 Å². The molecule has 1 aliphatic heterocycles. The lowest BCUT2D eigenvalue weighted by atomic mass is 9.96. The van der Waals surface area contributed by atoms with Gasteiger partial charge in [-0.3, -0.25) is 4.79 Å². The number of carbonyl (C=O) groups is 1. The zero-order valence-corrected chi connectivity index (χ0v) is 9.50. The van der Waals surface area contributed by atoms with Gasteiger partial charge >= 0.3 is 0 Å². The summed E-state index contributed by atoms with van der Waals surface area (Å²) in [5, 5.41) is 28.6. The second-order valence-electron chi connectivity index (χ2n) is 4.40. The Morgan fingerprint density at radius 2 is 2.12 bits per heavy atom. The fourth-order valence-electron chi connectivity index (χ4n) is 2.12. The zero-order valence-electron chi connectivity index (χ0n) is 9.50. The lowest BCUT2D eigenvalue weighted by Crippen LogP contribution is -2.31. The maximum absolute atomic E-state index is 11.4. The molecule has 0 bridgehead atoms. The van der Waals surface area contributed by atoms with Crippen LogP contribution in [-0.4, -0.2) is 39.4 Å². The normalized spacial score (nSPS) is 24.4. The van der Waals surface area contributed by atoms with Crippen molar-refractivity contribution in [1.82, 2.24) is 4.90 Å². The highest BCUT2D eigenvalue weighted by atomic mass is 16.3. The number of aliphatic hydroxyl groups is 1. The third-order valence-electron chi connectivity index (χ3n) is 3.20. The summed E-state index contributed by atoms with van der Waals surface area (Å²) in [4.78, 5) is 12.7. The van der Waals surface area contributed by atoms with Crippen LogP contribution in [0.3, 0.4) is 0 Å². The van der Waals surface area contributed by atoms with Crippen LogP contribution in [0, 0.1) is 5.92 Å². The Balaban J connectivity index is 2.14. The summed E-state index contributed by atoms with van der Waals surface area (Å²) < 4.78 is 0. The number of aliphatic hydroxyl groups excluding tert-OH is 1. The highest BCUT2D eigenvalue weighted by Crippen LogP contribution is 2.30. The Labute approximate surface area is 98.9 Å². The smallest absolute Gasteiger partial charge is 0.224 e. The Bertz CT molecular complexity index is 446. The standard InChI is InChI=1S/C12H15NO4/c1-13-11(16)5-8(12(13)17)4-7-2-3-9(14)6-10(7)15/h2-3,6,8,12,14-15,17H,4-5H2,1H3. The summed E-state index contributed by atoms with van der Waals surface area (Å²) in [6, 6.07) is 4.32. The topological polar surface area (TPSA) is 81.0 Å². The molecule has 1 aromatic carbocycles. The molecule has 1 fully saturated rings. The number of benzene rings is 1. The summed E-state index contributed by atoms with van der Waals surface area (Å²) in [6.45, 7) is 0. The van der Waals surface area contributed by atoms with E-state index in [1.807, 2.05) is 0 Å². The van der Waals surface area contributed by atoms with E-state index in [0.717, 1.165) is 0 Å². The molecule has 2 atom stereocenters. The average Bonchev–Trinajstić information content (AvgIpc) is 2.50. The van der Waals surface area contributed by atoms with E-state index in [1.54, 1.807) is 13.1 Å². The van der Waals surface area contributed by atoms with Crippen molar-refractivity contribution in [3.8, 4) is 11.5 Å². The first kappa shape index (κ1) is 11.7. The van der Waals surface area contributed by atoms with Crippen LogP contribution in [-0.2, 0) is 11.2 Å². The van der Waals surface area contributed by atoms with Crippen LogP contribution in [0.4, 0.5) is 0 Å². The number of carbonyl (C=O) groups excluding carboxylic acids is 1. The minimum absolute atomic E-state index is 0.00795. The van der Waals surface area contributed by atoms with Crippen LogP contribution in [0.15, 0.2) is 18.2 Å². The van der Waals surface area contributed by atoms with Gasteiger partial charge in [0.1, 0.15) is 17.7 Å². The summed E-state index contributed by atoms with van der Waals surface area (Å²) in [5.74, 6) is -0.339. The molecule has 92 valence electrons. The van der Waals surface area contributed by atoms with E-state index in [0.29, 0.717) is 12.0 Å². The Hall–Kier alpha value is -1.75. The summed E-state index contributed by atoms with van der Waals surface area (Å²) in [6.07, 6.45) is -0.128. The molecule has 0 radical (unpaired) electrons. The van der Waals surface area contributed by atoms with Crippen molar-refractivity contribution in [1.29, 1.82) is 0 Å². The monoisotopic (exact) mass is 237 g/mol. The molecule has 1 aromatic rings. The highest BCUT2D eigenvalue weighted by molar-refractivity contribution is 5.78. The molecule has 0 aromatic heterocycles. The molecule has 2 unspecified atom stereocenters. The molecule has 1 saturated heterocycles. The molecule has 1 aliphatic rings. The molecule has 1 amide bonds. The molecule has 5 nitrogen and oxygen atoms in total. The maximum Gasteiger partial charge on any atom is 0.224 e. The third kappa shape index (κ3) is 2.19. The predicted octanol–water partition coefficient (Wildman–Crippen LogP) is 0.437. The fraction of sp³-hybridized carbons (Fsp3) is 0.417. The number of rotatable bonds is 2. The van der Waals surface area contributed by atoms with E-state index < -0.39 is 6.23 Å². The van der Waals surface area contributed by atoms with Crippen LogP contribution >= 0.6 is 0 Å². The van der Waals surface area contributed by atoms with E-state index in [4.69, 9.17) is 5.11 Å². The lowest BCUT2D eigenvalue weighted by molar-refractivity contribution is -0.131. The van der Waals surface area contributed by atoms with Crippen LogP contribution < -0.4 is 0 Å². The van der Waals surface area contributed by atoms with Gasteiger partial charge in [-0.25, -0.2) is 0 Å². The van der Waals surface area contributed by atoms with Crippen molar-refractivity contribution < 1.29 is 20.1 Å². The van der Waals surface area contributed by atoms with E-state index in [2.05, 4.69) is 0 Å². The number of hydrogen-bond donors (Lipinski definition) is 3. The fourth-order valence-corrected chi connectivity index (χ4v) is 2.12. The number of amides is 1. The third-order valence-corrected chi connectivity index (χ3v) is 3.20. The second-order valence-corrected chi connectivity index (χ2v) is 4.40. The lowest BCUT2D eigenvalue weighted by Gasteiger charge is -2.19. The Morgan fingerprint density at radius 1 is 1.41 bits per heavy atom. The quantitative estimate of drug-likeness (QED) is 0.697. The van der Waals surface area contributed by atoms with E-state index in [1.165, 1.54) is 17.0 Å². The maximum atomic E-state index is 11.4.